The maximum Gasteiger partial charge on any atom is 0.261 e. The van der Waals surface area contributed by atoms with Crippen LogP contribution < -0.4 is 5.48 Å². The first-order chi connectivity index (χ1) is 15.2. The zero-order valence-electron chi connectivity index (χ0n) is 16.9. The van der Waals surface area contributed by atoms with Gasteiger partial charge in [-0.3, -0.25) is 24.8 Å². The molecule has 3 aromatic carbocycles. The standard InChI is InChI=1S/C26H22N2O3/c29-25-21-13-7-8-14-22(21)26(30)28(25)23(16-19-11-5-2-6-12-19)24-17-20(27-31-24)15-18-9-3-1-4-10-18/h1-14,17,23-24,27H,15-16H2. The first-order valence-electron chi connectivity index (χ1n) is 10.4. The van der Waals surface area contributed by atoms with Gasteiger partial charge in [0.2, 0.25) is 0 Å². The maximum atomic E-state index is 13.2. The molecule has 0 bridgehead atoms. The Labute approximate surface area is 180 Å². The molecule has 31 heavy (non-hydrogen) atoms. The third-order valence-corrected chi connectivity index (χ3v) is 5.75. The number of hydrogen-bond donors (Lipinski definition) is 1. The van der Waals surface area contributed by atoms with Crippen LogP contribution in [0.25, 0.3) is 0 Å². The average Bonchev–Trinajstić information content (AvgIpc) is 3.37. The zero-order valence-corrected chi connectivity index (χ0v) is 16.9. The molecule has 5 nitrogen and oxygen atoms in total. The zero-order chi connectivity index (χ0) is 21.2. The van der Waals surface area contributed by atoms with Gasteiger partial charge in [-0.2, -0.15) is 0 Å². The molecule has 0 fully saturated rings. The molecule has 0 radical (unpaired) electrons. The monoisotopic (exact) mass is 410 g/mol. The topological polar surface area (TPSA) is 58.6 Å². The van der Waals surface area contributed by atoms with Gasteiger partial charge in [0.1, 0.15) is 6.10 Å². The molecule has 2 heterocycles. The molecule has 2 aliphatic heterocycles. The fourth-order valence-corrected chi connectivity index (χ4v) is 4.23. The summed E-state index contributed by atoms with van der Waals surface area (Å²) in [5, 5.41) is 0. The van der Waals surface area contributed by atoms with E-state index < -0.39 is 12.1 Å². The molecular weight excluding hydrogens is 388 g/mol. The number of benzene rings is 3. The Morgan fingerprint density at radius 1 is 0.774 bits per heavy atom. The number of fused-ring (bicyclic) bond motifs is 1. The van der Waals surface area contributed by atoms with Crippen LogP contribution in [0.4, 0.5) is 0 Å². The Bertz CT molecular complexity index is 1110. The highest BCUT2D eigenvalue weighted by atomic mass is 16.7. The van der Waals surface area contributed by atoms with Crippen molar-refractivity contribution >= 4 is 11.8 Å². The summed E-state index contributed by atoms with van der Waals surface area (Å²) in [5.41, 5.74) is 7.03. The fourth-order valence-electron chi connectivity index (χ4n) is 4.23. The van der Waals surface area contributed by atoms with Gasteiger partial charge in [0, 0.05) is 12.1 Å². The highest BCUT2D eigenvalue weighted by Crippen LogP contribution is 2.29. The number of hydrogen-bond acceptors (Lipinski definition) is 4. The summed E-state index contributed by atoms with van der Waals surface area (Å²) in [6, 6.07) is 26.5. The highest BCUT2D eigenvalue weighted by Gasteiger charge is 2.43. The van der Waals surface area contributed by atoms with Gasteiger partial charge in [-0.15, -0.1) is 0 Å². The van der Waals surface area contributed by atoms with Crippen LogP contribution in [0.2, 0.25) is 0 Å². The van der Waals surface area contributed by atoms with E-state index in [0.717, 1.165) is 16.8 Å². The van der Waals surface area contributed by atoms with Crippen molar-refractivity contribution < 1.29 is 14.4 Å². The van der Waals surface area contributed by atoms with Crippen LogP contribution in [0, 0.1) is 0 Å². The second-order valence-corrected chi connectivity index (χ2v) is 7.82. The molecule has 0 saturated carbocycles. The van der Waals surface area contributed by atoms with Gasteiger partial charge in [0.25, 0.3) is 11.8 Å². The minimum atomic E-state index is -0.462. The largest absolute Gasteiger partial charge is 0.270 e. The van der Waals surface area contributed by atoms with Crippen LogP contribution in [0.5, 0.6) is 0 Å². The molecule has 0 aromatic heterocycles. The quantitative estimate of drug-likeness (QED) is 0.626. The molecular formula is C26H22N2O3. The molecule has 5 rings (SSSR count). The van der Waals surface area contributed by atoms with Crippen molar-refractivity contribution in [3.63, 3.8) is 0 Å². The predicted octanol–water partition coefficient (Wildman–Crippen LogP) is 3.92. The lowest BCUT2D eigenvalue weighted by atomic mass is 9.98. The lowest BCUT2D eigenvalue weighted by molar-refractivity contribution is -0.00592. The number of rotatable bonds is 6. The van der Waals surface area contributed by atoms with Crippen molar-refractivity contribution in [1.82, 2.24) is 10.4 Å². The van der Waals surface area contributed by atoms with E-state index in [1.807, 2.05) is 54.6 Å². The summed E-state index contributed by atoms with van der Waals surface area (Å²) >= 11 is 0. The Morgan fingerprint density at radius 3 is 1.94 bits per heavy atom. The molecule has 5 heteroatoms. The Morgan fingerprint density at radius 2 is 1.32 bits per heavy atom. The summed E-state index contributed by atoms with van der Waals surface area (Å²) in [6.07, 6.45) is 2.75. The number of allylic oxidation sites excluding steroid dienone is 1. The van der Waals surface area contributed by atoms with Crippen molar-refractivity contribution in [2.24, 2.45) is 0 Å². The second kappa shape index (κ2) is 8.20. The number of nitrogens with zero attached hydrogens (tertiary/aromatic N) is 1. The van der Waals surface area contributed by atoms with Crippen LogP contribution in [0.1, 0.15) is 31.8 Å². The van der Waals surface area contributed by atoms with E-state index in [-0.39, 0.29) is 11.8 Å². The van der Waals surface area contributed by atoms with Gasteiger partial charge in [-0.05, 0) is 35.8 Å². The number of nitrogens with one attached hydrogen (secondary N) is 1. The van der Waals surface area contributed by atoms with E-state index in [1.165, 1.54) is 4.90 Å². The van der Waals surface area contributed by atoms with Gasteiger partial charge in [-0.1, -0.05) is 72.8 Å². The molecule has 154 valence electrons. The Hall–Kier alpha value is -3.70. The van der Waals surface area contributed by atoms with E-state index in [2.05, 4.69) is 17.6 Å². The van der Waals surface area contributed by atoms with Crippen LogP contribution in [-0.2, 0) is 17.7 Å². The molecule has 1 N–H and O–H groups in total. The van der Waals surface area contributed by atoms with Crippen molar-refractivity contribution in [1.29, 1.82) is 0 Å². The average molecular weight is 410 g/mol. The molecule has 0 spiro atoms. The molecule has 2 unspecified atom stereocenters. The SMILES string of the molecule is O=C1c2ccccc2C(=O)N1C(Cc1ccccc1)C1C=C(Cc2ccccc2)NO1. The summed E-state index contributed by atoms with van der Waals surface area (Å²) < 4.78 is 0. The number of imide groups is 1. The van der Waals surface area contributed by atoms with Gasteiger partial charge in [0.05, 0.1) is 17.2 Å². The summed E-state index contributed by atoms with van der Waals surface area (Å²) in [7, 11) is 0. The minimum absolute atomic E-state index is 0.268. The molecule has 0 aliphatic carbocycles. The molecule has 2 amide bonds. The van der Waals surface area contributed by atoms with E-state index in [1.54, 1.807) is 24.3 Å². The molecule has 0 saturated heterocycles. The van der Waals surface area contributed by atoms with Crippen molar-refractivity contribution in [3.8, 4) is 0 Å². The lowest BCUT2D eigenvalue weighted by Gasteiger charge is -2.29. The Balaban J connectivity index is 1.46. The van der Waals surface area contributed by atoms with Crippen LogP contribution in [-0.4, -0.2) is 28.9 Å². The van der Waals surface area contributed by atoms with Gasteiger partial charge in [-0.25, -0.2) is 0 Å². The summed E-state index contributed by atoms with van der Waals surface area (Å²) in [6.45, 7) is 0. The van der Waals surface area contributed by atoms with Gasteiger partial charge >= 0.3 is 0 Å². The van der Waals surface area contributed by atoms with Crippen molar-refractivity contribution in [2.45, 2.75) is 25.0 Å². The normalized spacial score (nSPS) is 18.5. The highest BCUT2D eigenvalue weighted by molar-refractivity contribution is 6.21. The second-order valence-electron chi connectivity index (χ2n) is 7.82. The predicted molar refractivity (Wildman–Crippen MR) is 117 cm³/mol. The number of hydroxylamine groups is 1. The van der Waals surface area contributed by atoms with Crippen LogP contribution in [0.15, 0.2) is 96.7 Å². The first kappa shape index (κ1) is 19.3. The van der Waals surface area contributed by atoms with E-state index in [9.17, 15) is 9.59 Å². The molecule has 2 atom stereocenters. The molecule has 3 aromatic rings. The smallest absolute Gasteiger partial charge is 0.261 e. The summed E-state index contributed by atoms with van der Waals surface area (Å²) in [5.74, 6) is -0.537. The lowest BCUT2D eigenvalue weighted by Crippen LogP contribution is -2.48. The van der Waals surface area contributed by atoms with Crippen LogP contribution >= 0.6 is 0 Å². The minimum Gasteiger partial charge on any atom is -0.270 e. The van der Waals surface area contributed by atoms with Gasteiger partial charge in [0.15, 0.2) is 0 Å². The number of amides is 2. The van der Waals surface area contributed by atoms with E-state index in [0.29, 0.717) is 24.0 Å². The molecule has 2 aliphatic rings. The van der Waals surface area contributed by atoms with Crippen molar-refractivity contribution in [3.05, 3.63) is 119 Å². The maximum absolute atomic E-state index is 13.2. The first-order valence-corrected chi connectivity index (χ1v) is 10.4. The Kier molecular flexibility index (Phi) is 5.10. The third-order valence-electron chi connectivity index (χ3n) is 5.75. The van der Waals surface area contributed by atoms with Crippen LogP contribution in [0.3, 0.4) is 0 Å². The number of carbonyl (C=O) groups is 2. The van der Waals surface area contributed by atoms with E-state index >= 15 is 0 Å². The van der Waals surface area contributed by atoms with Crippen molar-refractivity contribution in [2.75, 3.05) is 0 Å². The number of carbonyl (C=O) groups excluding carboxylic acids is 2. The third kappa shape index (κ3) is 3.76. The van der Waals surface area contributed by atoms with Gasteiger partial charge < -0.3 is 0 Å². The van der Waals surface area contributed by atoms with E-state index in [4.69, 9.17) is 4.84 Å². The summed E-state index contributed by atoms with van der Waals surface area (Å²) in [4.78, 5) is 33.6. The fraction of sp³-hybridized carbons (Fsp3) is 0.154.